The van der Waals surface area contributed by atoms with Crippen molar-refractivity contribution in [3.8, 4) is 11.1 Å². The number of nitrogens with one attached hydrogen (secondary N) is 2. The number of nitrogens with zero attached hydrogens (tertiary/aromatic N) is 2. The molecule has 3 heterocycles. The van der Waals surface area contributed by atoms with Gasteiger partial charge in [-0.15, -0.1) is 0 Å². The fourth-order valence-electron chi connectivity index (χ4n) is 3.83. The third-order valence-electron chi connectivity index (χ3n) is 5.44. The van der Waals surface area contributed by atoms with E-state index in [-0.39, 0.29) is 30.7 Å². The van der Waals surface area contributed by atoms with E-state index in [9.17, 15) is 14.4 Å². The lowest BCUT2D eigenvalue weighted by Gasteiger charge is -2.16. The van der Waals surface area contributed by atoms with E-state index in [0.29, 0.717) is 36.3 Å². The Morgan fingerprint density at radius 3 is 2.91 bits per heavy atom. The van der Waals surface area contributed by atoms with Crippen LogP contribution < -0.4 is 5.32 Å². The van der Waals surface area contributed by atoms with Crippen molar-refractivity contribution < 1.29 is 23.6 Å². The Balaban J connectivity index is 1.37. The van der Waals surface area contributed by atoms with Crippen molar-refractivity contribution in [2.75, 3.05) is 25.5 Å². The Labute approximate surface area is 184 Å². The Bertz CT molecular complexity index is 1190. The first-order valence-electron chi connectivity index (χ1n) is 10.2. The highest BCUT2D eigenvalue weighted by molar-refractivity contribution is 6.01. The average Bonchev–Trinajstić information content (AvgIpc) is 3.45. The number of aromatic nitrogens is 2. The zero-order valence-corrected chi connectivity index (χ0v) is 18.2. The molecular weight excluding hydrogens is 412 g/mol. The molecule has 1 aliphatic rings. The summed E-state index contributed by atoms with van der Waals surface area (Å²) in [6, 6.07) is 7.42. The lowest BCUT2D eigenvalue weighted by molar-refractivity contribution is -0.115. The molecule has 2 N–H and O–H groups in total. The maximum Gasteiger partial charge on any atom is 0.255 e. The zero-order chi connectivity index (χ0) is 22.8. The molecule has 0 saturated carbocycles. The Morgan fingerprint density at radius 1 is 1.31 bits per heavy atom. The number of likely N-dealkylation sites (N-methyl/N-ethyl adjacent to an activating group) is 1. The molecule has 0 bridgehead atoms. The number of aryl methyl sites for hydroxylation is 2. The predicted molar refractivity (Wildman–Crippen MR) is 117 cm³/mol. The standard InChI is InChI=1S/C23H24N4O5/c1-13-8-17(19(11-28)24-13)23(30)27(3)6-7-31-12-20-22(14(2)32-26-20)15-4-5-18-16(9-15)10-21(29)25-18/h4-5,8-9,11,24H,6-7,10,12H2,1-3H3,(H,25,29). The molecule has 0 fully saturated rings. The number of aldehydes is 1. The molecule has 1 aliphatic heterocycles. The van der Waals surface area contributed by atoms with Crippen LogP contribution >= 0.6 is 0 Å². The van der Waals surface area contributed by atoms with Gasteiger partial charge in [-0.3, -0.25) is 14.4 Å². The van der Waals surface area contributed by atoms with Gasteiger partial charge >= 0.3 is 0 Å². The summed E-state index contributed by atoms with van der Waals surface area (Å²) in [5.74, 6) is 0.396. The molecule has 0 saturated heterocycles. The molecule has 0 atom stereocenters. The van der Waals surface area contributed by atoms with Crippen molar-refractivity contribution in [3.63, 3.8) is 0 Å². The van der Waals surface area contributed by atoms with E-state index in [4.69, 9.17) is 9.26 Å². The molecule has 2 amide bonds. The number of H-pyrrole nitrogens is 1. The SMILES string of the molecule is Cc1cc(C(=O)N(C)CCOCc2noc(C)c2-c2ccc3c(c2)CC(=O)N3)c(C=O)[nH]1. The van der Waals surface area contributed by atoms with Gasteiger partial charge in [-0.2, -0.15) is 0 Å². The molecular formula is C23H24N4O5. The maximum atomic E-state index is 12.6. The van der Waals surface area contributed by atoms with Gasteiger partial charge in [0.15, 0.2) is 6.29 Å². The molecule has 166 valence electrons. The minimum atomic E-state index is -0.251. The second kappa shape index (κ2) is 8.80. The summed E-state index contributed by atoms with van der Waals surface area (Å²) in [5.41, 5.74) is 5.54. The van der Waals surface area contributed by atoms with E-state index < -0.39 is 0 Å². The molecule has 32 heavy (non-hydrogen) atoms. The monoisotopic (exact) mass is 436 g/mol. The molecule has 0 aliphatic carbocycles. The van der Waals surface area contributed by atoms with Crippen molar-refractivity contribution in [3.05, 3.63) is 58.2 Å². The number of carbonyl (C=O) groups is 3. The highest BCUT2D eigenvalue weighted by Crippen LogP contribution is 2.33. The number of hydrogen-bond acceptors (Lipinski definition) is 6. The topological polar surface area (TPSA) is 118 Å². The average molecular weight is 436 g/mol. The van der Waals surface area contributed by atoms with Crippen LogP contribution in [0.4, 0.5) is 5.69 Å². The van der Waals surface area contributed by atoms with E-state index >= 15 is 0 Å². The summed E-state index contributed by atoms with van der Waals surface area (Å²) in [4.78, 5) is 39.8. The lowest BCUT2D eigenvalue weighted by atomic mass is 10.0. The first kappa shape index (κ1) is 21.5. The van der Waals surface area contributed by atoms with Crippen LogP contribution in [-0.4, -0.2) is 53.3 Å². The quantitative estimate of drug-likeness (QED) is 0.414. The molecule has 3 aromatic rings. The molecule has 9 heteroatoms. The van der Waals surface area contributed by atoms with Crippen LogP contribution in [0.15, 0.2) is 28.8 Å². The Morgan fingerprint density at radius 2 is 2.12 bits per heavy atom. The zero-order valence-electron chi connectivity index (χ0n) is 18.2. The maximum absolute atomic E-state index is 12.6. The second-order valence-electron chi connectivity index (χ2n) is 7.83. The summed E-state index contributed by atoms with van der Waals surface area (Å²) >= 11 is 0. The van der Waals surface area contributed by atoms with Crippen molar-refractivity contribution in [2.45, 2.75) is 26.9 Å². The van der Waals surface area contributed by atoms with E-state index in [1.807, 2.05) is 25.1 Å². The smallest absolute Gasteiger partial charge is 0.255 e. The van der Waals surface area contributed by atoms with Crippen LogP contribution in [0.3, 0.4) is 0 Å². The molecule has 0 radical (unpaired) electrons. The van der Waals surface area contributed by atoms with Gasteiger partial charge in [0.05, 0.1) is 30.9 Å². The number of hydrogen-bond donors (Lipinski definition) is 2. The normalized spacial score (nSPS) is 12.5. The lowest BCUT2D eigenvalue weighted by Crippen LogP contribution is -2.30. The van der Waals surface area contributed by atoms with Crippen LogP contribution in [0.5, 0.6) is 0 Å². The highest BCUT2D eigenvalue weighted by atomic mass is 16.5. The van der Waals surface area contributed by atoms with Gasteiger partial charge in [-0.1, -0.05) is 11.2 Å². The van der Waals surface area contributed by atoms with Gasteiger partial charge in [0.1, 0.15) is 11.5 Å². The summed E-state index contributed by atoms with van der Waals surface area (Å²) in [5, 5.41) is 6.94. The minimum Gasteiger partial charge on any atom is -0.373 e. The summed E-state index contributed by atoms with van der Waals surface area (Å²) in [6.45, 7) is 4.47. The molecule has 9 nitrogen and oxygen atoms in total. The number of rotatable bonds is 8. The number of benzene rings is 1. The predicted octanol–water partition coefficient (Wildman–Crippen LogP) is 2.88. The summed E-state index contributed by atoms with van der Waals surface area (Å²) in [6.07, 6.45) is 0.996. The van der Waals surface area contributed by atoms with Crippen LogP contribution in [0.1, 0.15) is 43.6 Å². The third-order valence-corrected chi connectivity index (χ3v) is 5.44. The number of amides is 2. The van der Waals surface area contributed by atoms with Crippen LogP contribution in [-0.2, 0) is 22.6 Å². The fourth-order valence-corrected chi connectivity index (χ4v) is 3.83. The third kappa shape index (κ3) is 4.19. The minimum absolute atomic E-state index is 0.0172. The molecule has 4 rings (SSSR count). The Hall–Kier alpha value is -3.72. The number of anilines is 1. The molecule has 0 unspecified atom stereocenters. The van der Waals surface area contributed by atoms with Crippen LogP contribution in [0.25, 0.3) is 11.1 Å². The summed E-state index contributed by atoms with van der Waals surface area (Å²) in [7, 11) is 1.66. The first-order chi connectivity index (χ1) is 15.4. The van der Waals surface area contributed by atoms with Crippen molar-refractivity contribution >= 4 is 23.8 Å². The second-order valence-corrected chi connectivity index (χ2v) is 7.83. The Kier molecular flexibility index (Phi) is 5.91. The van der Waals surface area contributed by atoms with E-state index in [0.717, 1.165) is 28.1 Å². The molecule has 0 spiro atoms. The van der Waals surface area contributed by atoms with E-state index in [1.54, 1.807) is 20.0 Å². The van der Waals surface area contributed by atoms with Crippen LogP contribution in [0, 0.1) is 13.8 Å². The largest absolute Gasteiger partial charge is 0.373 e. The van der Waals surface area contributed by atoms with Crippen molar-refractivity contribution in [1.82, 2.24) is 15.0 Å². The molecule has 1 aromatic carbocycles. The van der Waals surface area contributed by atoms with E-state index in [2.05, 4.69) is 15.5 Å². The van der Waals surface area contributed by atoms with E-state index in [1.165, 1.54) is 4.90 Å². The van der Waals surface area contributed by atoms with Crippen LogP contribution in [0.2, 0.25) is 0 Å². The number of ether oxygens (including phenoxy) is 1. The van der Waals surface area contributed by atoms with Gasteiger partial charge in [-0.05, 0) is 43.2 Å². The van der Waals surface area contributed by atoms with Gasteiger partial charge in [-0.25, -0.2) is 0 Å². The summed E-state index contributed by atoms with van der Waals surface area (Å²) < 4.78 is 11.1. The number of aromatic amines is 1. The van der Waals surface area contributed by atoms with Crippen molar-refractivity contribution in [2.24, 2.45) is 0 Å². The van der Waals surface area contributed by atoms with Gasteiger partial charge in [0, 0.05) is 30.5 Å². The fraction of sp³-hybridized carbons (Fsp3) is 0.304. The van der Waals surface area contributed by atoms with Gasteiger partial charge in [0.2, 0.25) is 5.91 Å². The van der Waals surface area contributed by atoms with Crippen molar-refractivity contribution in [1.29, 1.82) is 0 Å². The van der Waals surface area contributed by atoms with Gasteiger partial charge < -0.3 is 24.5 Å². The first-order valence-corrected chi connectivity index (χ1v) is 10.2. The van der Waals surface area contributed by atoms with Gasteiger partial charge in [0.25, 0.3) is 5.91 Å². The highest BCUT2D eigenvalue weighted by Gasteiger charge is 2.22. The molecule has 2 aromatic heterocycles. The number of carbonyl (C=O) groups excluding carboxylic acids is 3. The number of fused-ring (bicyclic) bond motifs is 1.